The lowest BCUT2D eigenvalue weighted by Gasteiger charge is -2.32. The zero-order valence-corrected chi connectivity index (χ0v) is 11.0. The molecule has 2 heterocycles. The van der Waals surface area contributed by atoms with Crippen molar-refractivity contribution in [2.45, 2.75) is 18.6 Å². The predicted molar refractivity (Wildman–Crippen MR) is 64.4 cm³/mol. The fourth-order valence-electron chi connectivity index (χ4n) is 2.34. The van der Waals surface area contributed by atoms with Crippen LogP contribution in [0.3, 0.4) is 0 Å². The van der Waals surface area contributed by atoms with Gasteiger partial charge in [-0.2, -0.15) is 0 Å². The second kappa shape index (κ2) is 4.97. The summed E-state index contributed by atoms with van der Waals surface area (Å²) in [4.78, 5) is 25.6. The summed E-state index contributed by atoms with van der Waals surface area (Å²) < 4.78 is 22.6. The summed E-state index contributed by atoms with van der Waals surface area (Å²) in [5.41, 5.74) is 0. The number of nitrogens with zero attached hydrogens (tertiary/aromatic N) is 2. The Hall–Kier alpha value is -1.35. The van der Waals surface area contributed by atoms with Gasteiger partial charge in [0.05, 0.1) is 17.6 Å². The second-order valence-electron chi connectivity index (χ2n) is 4.82. The third-order valence-corrected chi connectivity index (χ3v) is 5.03. The van der Waals surface area contributed by atoms with Gasteiger partial charge in [-0.25, -0.2) is 18.0 Å². The van der Waals surface area contributed by atoms with Crippen molar-refractivity contribution >= 4 is 21.8 Å². The molecule has 0 spiro atoms. The maximum Gasteiger partial charge on any atom is 0.326 e. The highest BCUT2D eigenvalue weighted by Crippen LogP contribution is 2.20. The van der Waals surface area contributed by atoms with E-state index in [1.807, 2.05) is 0 Å². The van der Waals surface area contributed by atoms with Crippen molar-refractivity contribution in [3.8, 4) is 0 Å². The summed E-state index contributed by atoms with van der Waals surface area (Å²) in [5, 5.41) is 18.5. The maximum absolute atomic E-state index is 12.2. The first-order valence-corrected chi connectivity index (χ1v) is 7.79. The van der Waals surface area contributed by atoms with Gasteiger partial charge < -0.3 is 20.0 Å². The fraction of sp³-hybridized carbons (Fsp3) is 0.800. The van der Waals surface area contributed by atoms with Gasteiger partial charge in [-0.1, -0.05) is 0 Å². The van der Waals surface area contributed by atoms with Crippen LogP contribution >= 0.6 is 0 Å². The number of hydrogen-bond donors (Lipinski definition) is 2. The third-order valence-electron chi connectivity index (χ3n) is 3.42. The van der Waals surface area contributed by atoms with Crippen LogP contribution in [0, 0.1) is 0 Å². The molecule has 0 aromatic heterocycles. The van der Waals surface area contributed by atoms with Gasteiger partial charge in [-0.15, -0.1) is 0 Å². The van der Waals surface area contributed by atoms with Crippen molar-refractivity contribution in [2.24, 2.45) is 0 Å². The SMILES string of the molecule is O=C(O)[C@@H]1C[C@@H](O)CN1C(=O)N1CCS(=O)(=O)CC1. The monoisotopic (exact) mass is 292 g/mol. The average molecular weight is 292 g/mol. The molecule has 2 aliphatic heterocycles. The summed E-state index contributed by atoms with van der Waals surface area (Å²) in [6, 6.07) is -1.56. The van der Waals surface area contributed by atoms with Crippen molar-refractivity contribution in [1.82, 2.24) is 9.80 Å². The molecule has 2 N–H and O–H groups in total. The lowest BCUT2D eigenvalue weighted by molar-refractivity contribution is -0.141. The highest BCUT2D eigenvalue weighted by molar-refractivity contribution is 7.91. The molecule has 2 fully saturated rings. The second-order valence-corrected chi connectivity index (χ2v) is 7.12. The number of aliphatic hydroxyl groups excluding tert-OH is 1. The Balaban J connectivity index is 2.05. The van der Waals surface area contributed by atoms with E-state index in [-0.39, 0.29) is 37.6 Å². The van der Waals surface area contributed by atoms with Gasteiger partial charge in [-0.05, 0) is 0 Å². The number of rotatable bonds is 1. The molecule has 0 aliphatic carbocycles. The smallest absolute Gasteiger partial charge is 0.326 e. The number of β-amino-alcohol motifs (C(OH)–C–C–N with tert-alkyl or cyclic N) is 1. The summed E-state index contributed by atoms with van der Waals surface area (Å²) in [5.74, 6) is -1.37. The number of aliphatic hydroxyl groups is 1. The summed E-state index contributed by atoms with van der Waals surface area (Å²) in [6.45, 7) is 0.110. The van der Waals surface area contributed by atoms with Crippen LogP contribution in [0.25, 0.3) is 0 Å². The van der Waals surface area contributed by atoms with E-state index in [0.29, 0.717) is 0 Å². The van der Waals surface area contributed by atoms with Gasteiger partial charge in [0.1, 0.15) is 6.04 Å². The van der Waals surface area contributed by atoms with Gasteiger partial charge in [-0.3, -0.25) is 0 Å². The van der Waals surface area contributed by atoms with E-state index in [9.17, 15) is 23.1 Å². The Morgan fingerprint density at radius 3 is 2.26 bits per heavy atom. The van der Waals surface area contributed by atoms with Crippen molar-refractivity contribution in [3.63, 3.8) is 0 Å². The summed E-state index contributed by atoms with van der Waals surface area (Å²) in [6.07, 6.45) is -0.841. The number of carbonyl (C=O) groups is 2. The van der Waals surface area contributed by atoms with Crippen LogP contribution in [0.1, 0.15) is 6.42 Å². The molecule has 0 unspecified atom stereocenters. The molecule has 19 heavy (non-hydrogen) atoms. The van der Waals surface area contributed by atoms with Gasteiger partial charge in [0.15, 0.2) is 9.84 Å². The standard InChI is InChI=1S/C10H16N2O6S/c13-7-5-8(9(14)15)12(6-7)10(16)11-1-3-19(17,18)4-2-11/h7-8,13H,1-6H2,(H,14,15)/t7-,8+/m1/s1. The van der Waals surface area contributed by atoms with E-state index in [0.717, 1.165) is 4.90 Å². The van der Waals surface area contributed by atoms with Crippen LogP contribution in [0.2, 0.25) is 0 Å². The predicted octanol–water partition coefficient (Wildman–Crippen LogP) is -1.64. The molecular weight excluding hydrogens is 276 g/mol. The molecule has 0 aromatic rings. The molecule has 2 rings (SSSR count). The van der Waals surface area contributed by atoms with E-state index >= 15 is 0 Å². The van der Waals surface area contributed by atoms with Crippen molar-refractivity contribution in [2.75, 3.05) is 31.1 Å². The third kappa shape index (κ3) is 2.98. The van der Waals surface area contributed by atoms with E-state index in [1.165, 1.54) is 4.90 Å². The highest BCUT2D eigenvalue weighted by Gasteiger charge is 2.41. The molecule has 0 bridgehead atoms. The topological polar surface area (TPSA) is 115 Å². The lowest BCUT2D eigenvalue weighted by atomic mass is 10.2. The van der Waals surface area contributed by atoms with Gasteiger partial charge in [0, 0.05) is 26.1 Å². The zero-order chi connectivity index (χ0) is 14.2. The molecule has 2 saturated heterocycles. The number of carboxylic acid groups (broad SMARTS) is 1. The molecule has 0 radical (unpaired) electrons. The van der Waals surface area contributed by atoms with Crippen LogP contribution in [0.4, 0.5) is 4.79 Å². The highest BCUT2D eigenvalue weighted by atomic mass is 32.2. The molecule has 108 valence electrons. The average Bonchev–Trinajstić information content (AvgIpc) is 2.70. The fourth-order valence-corrected chi connectivity index (χ4v) is 3.55. The van der Waals surface area contributed by atoms with E-state index < -0.39 is 34.0 Å². The van der Waals surface area contributed by atoms with E-state index in [1.54, 1.807) is 0 Å². The van der Waals surface area contributed by atoms with Crippen LogP contribution in [-0.2, 0) is 14.6 Å². The van der Waals surface area contributed by atoms with Gasteiger partial charge in [0.25, 0.3) is 0 Å². The zero-order valence-electron chi connectivity index (χ0n) is 10.2. The van der Waals surface area contributed by atoms with Crippen LogP contribution in [-0.4, -0.2) is 83.7 Å². The Kier molecular flexibility index (Phi) is 3.68. The number of amides is 2. The van der Waals surface area contributed by atoms with Gasteiger partial charge in [0.2, 0.25) is 0 Å². The Morgan fingerprint density at radius 1 is 1.16 bits per heavy atom. The minimum absolute atomic E-state index is 0.00715. The molecular formula is C10H16N2O6S. The number of sulfone groups is 1. The number of carboxylic acids is 1. The minimum Gasteiger partial charge on any atom is -0.480 e. The largest absolute Gasteiger partial charge is 0.480 e. The summed E-state index contributed by atoms with van der Waals surface area (Å²) >= 11 is 0. The van der Waals surface area contributed by atoms with E-state index in [4.69, 9.17) is 5.11 Å². The quantitative estimate of drug-likeness (QED) is 0.599. The molecule has 2 atom stereocenters. The summed E-state index contributed by atoms with van der Waals surface area (Å²) in [7, 11) is -3.09. The van der Waals surface area contributed by atoms with Gasteiger partial charge >= 0.3 is 12.0 Å². The van der Waals surface area contributed by atoms with Crippen LogP contribution in [0.5, 0.6) is 0 Å². The minimum atomic E-state index is -3.09. The first-order chi connectivity index (χ1) is 8.80. The normalized spacial score (nSPS) is 30.4. The molecule has 0 aromatic carbocycles. The van der Waals surface area contributed by atoms with Crippen LogP contribution in [0.15, 0.2) is 0 Å². The molecule has 2 aliphatic rings. The Morgan fingerprint density at radius 2 is 1.74 bits per heavy atom. The number of hydrogen-bond acceptors (Lipinski definition) is 5. The first-order valence-electron chi connectivity index (χ1n) is 5.97. The van der Waals surface area contributed by atoms with Crippen molar-refractivity contribution in [3.05, 3.63) is 0 Å². The van der Waals surface area contributed by atoms with E-state index in [2.05, 4.69) is 0 Å². The number of carbonyl (C=O) groups excluding carboxylic acids is 1. The number of likely N-dealkylation sites (tertiary alicyclic amines) is 1. The lowest BCUT2D eigenvalue weighted by Crippen LogP contribution is -2.52. The molecule has 8 nitrogen and oxygen atoms in total. The number of aliphatic carboxylic acids is 1. The Labute approximate surface area is 110 Å². The molecule has 2 amide bonds. The van der Waals surface area contributed by atoms with Crippen molar-refractivity contribution < 1.29 is 28.2 Å². The Bertz CT molecular complexity index is 476. The maximum atomic E-state index is 12.2. The first kappa shape index (κ1) is 14.1. The van der Waals surface area contributed by atoms with Crippen LogP contribution < -0.4 is 0 Å². The van der Waals surface area contributed by atoms with Crippen molar-refractivity contribution in [1.29, 1.82) is 0 Å². The molecule has 0 saturated carbocycles. The number of urea groups is 1. The molecule has 9 heteroatoms.